The smallest absolute Gasteiger partial charge is 0.419 e. The largest absolute Gasteiger partial charge is 0.465 e. The molecule has 0 saturated heterocycles. The molecule has 4 aromatic rings. The van der Waals surface area contributed by atoms with E-state index >= 15 is 0 Å². The molecule has 0 radical (unpaired) electrons. The minimum Gasteiger partial charge on any atom is -0.465 e. The molecule has 0 amide bonds. The van der Waals surface area contributed by atoms with E-state index in [1.165, 1.54) is 0 Å². The van der Waals surface area contributed by atoms with Gasteiger partial charge < -0.3 is 18.5 Å². The summed E-state index contributed by atoms with van der Waals surface area (Å²) in [5, 5.41) is 0.715. The number of fused-ring (bicyclic) bond motifs is 1. The van der Waals surface area contributed by atoms with Crippen LogP contribution in [0.1, 0.15) is 103 Å². The van der Waals surface area contributed by atoms with Crippen LogP contribution in [0.5, 0.6) is 0 Å². The maximum Gasteiger partial charge on any atom is 0.419 e. The van der Waals surface area contributed by atoms with E-state index in [2.05, 4.69) is 77.9 Å². The average molecular weight is 714 g/mol. The number of nitrogens with zero attached hydrogens (tertiary/aromatic N) is 3. The van der Waals surface area contributed by atoms with Crippen LogP contribution in [-0.2, 0) is 43.5 Å². The van der Waals surface area contributed by atoms with Gasteiger partial charge in [0.05, 0.1) is 42.4 Å². The van der Waals surface area contributed by atoms with Gasteiger partial charge >= 0.3 is 12.1 Å². The van der Waals surface area contributed by atoms with Crippen LogP contribution in [0.15, 0.2) is 67.5 Å². The van der Waals surface area contributed by atoms with Crippen LogP contribution in [0, 0.1) is 0 Å². The van der Waals surface area contributed by atoms with Gasteiger partial charge in [0.1, 0.15) is 5.60 Å². The van der Waals surface area contributed by atoms with Crippen molar-refractivity contribution < 1.29 is 23.5 Å². The van der Waals surface area contributed by atoms with Gasteiger partial charge in [0.15, 0.2) is 8.32 Å². The lowest BCUT2D eigenvalue weighted by molar-refractivity contribution is -0.142. The number of unbranched alkanes of at least 4 members (excludes halogenated alkanes) is 1. The van der Waals surface area contributed by atoms with Crippen LogP contribution in [0.25, 0.3) is 17.0 Å². The van der Waals surface area contributed by atoms with Gasteiger partial charge in [0, 0.05) is 29.5 Å². The Morgan fingerprint density at radius 1 is 0.961 bits per heavy atom. The van der Waals surface area contributed by atoms with E-state index < -0.39 is 31.5 Å². The Hall–Kier alpha value is -3.95. The summed E-state index contributed by atoms with van der Waals surface area (Å²) in [7, 11) is -2.42. The Morgan fingerprint density at radius 2 is 1.61 bits per heavy atom. The number of carbonyl (C=O) groups excluding carboxylic acids is 2. The molecular formula is C42H59N3O5Si. The molecule has 9 heteroatoms. The number of para-hydroxylation sites is 1. The molecule has 0 aliphatic rings. The number of hydrogen-bond donors (Lipinski definition) is 0. The van der Waals surface area contributed by atoms with Gasteiger partial charge in [0.25, 0.3) is 0 Å². The molecule has 0 spiro atoms. The third kappa shape index (κ3) is 9.29. The second-order valence-electron chi connectivity index (χ2n) is 16.6. The fraction of sp³-hybridized carbons (Fsp3) is 0.500. The van der Waals surface area contributed by atoms with Crippen LogP contribution in [0.3, 0.4) is 0 Å². The van der Waals surface area contributed by atoms with Crippen molar-refractivity contribution in [2.24, 2.45) is 0 Å². The highest BCUT2D eigenvalue weighted by atomic mass is 28.4. The van der Waals surface area contributed by atoms with Crippen molar-refractivity contribution in [2.45, 2.75) is 130 Å². The zero-order valence-corrected chi connectivity index (χ0v) is 33.8. The highest BCUT2D eigenvalue weighted by Crippen LogP contribution is 2.43. The second-order valence-corrected chi connectivity index (χ2v) is 21.4. The van der Waals surface area contributed by atoms with E-state index in [1.807, 2.05) is 75.6 Å². The van der Waals surface area contributed by atoms with E-state index in [-0.39, 0.29) is 17.4 Å². The van der Waals surface area contributed by atoms with E-state index in [9.17, 15) is 9.59 Å². The average Bonchev–Trinajstić information content (AvgIpc) is 3.58. The van der Waals surface area contributed by atoms with E-state index in [0.717, 1.165) is 40.7 Å². The molecule has 0 aliphatic carbocycles. The standard InChI is InChI=1S/C42H59N3O5Si/c1-13-15-25-48-37(46)26-32-31-23-19-20-24-34(31)45(39(47)49-40(3,4)5)35(32)27-36(50-51(11,12)41(6,7)8)42(9,10)38-33(14-2)44(29-43-38)28-30-21-17-16-18-22-30/h14,16-24,29,36H,2,13,15,25-28H2,1,3-12H3. The lowest BCUT2D eigenvalue weighted by Crippen LogP contribution is -2.50. The number of benzene rings is 2. The number of ether oxygens (including phenoxy) is 2. The van der Waals surface area contributed by atoms with Gasteiger partial charge in [-0.3, -0.25) is 4.79 Å². The normalized spacial score (nSPS) is 13.3. The summed E-state index contributed by atoms with van der Waals surface area (Å²) in [6.45, 7) is 28.3. The van der Waals surface area contributed by atoms with Crippen molar-refractivity contribution in [3.8, 4) is 0 Å². The summed E-state index contributed by atoms with van der Waals surface area (Å²) in [4.78, 5) is 32.6. The summed E-state index contributed by atoms with van der Waals surface area (Å²) >= 11 is 0. The molecule has 4 rings (SSSR count). The van der Waals surface area contributed by atoms with Crippen molar-refractivity contribution in [2.75, 3.05) is 6.61 Å². The third-order valence-electron chi connectivity index (χ3n) is 10.1. The minimum absolute atomic E-state index is 0.0200. The molecular weight excluding hydrogens is 655 g/mol. The predicted molar refractivity (Wildman–Crippen MR) is 210 cm³/mol. The molecule has 1 atom stereocenters. The number of hydrogen-bond acceptors (Lipinski definition) is 6. The molecule has 0 bridgehead atoms. The number of rotatable bonds is 14. The van der Waals surface area contributed by atoms with Crippen LogP contribution in [0.4, 0.5) is 4.79 Å². The molecule has 0 fully saturated rings. The Labute approximate surface area is 306 Å². The summed E-state index contributed by atoms with van der Waals surface area (Å²) < 4.78 is 22.9. The van der Waals surface area contributed by atoms with Crippen molar-refractivity contribution in [1.82, 2.24) is 14.1 Å². The summed E-state index contributed by atoms with van der Waals surface area (Å²) in [5.74, 6) is -0.327. The molecule has 51 heavy (non-hydrogen) atoms. The van der Waals surface area contributed by atoms with E-state index in [1.54, 1.807) is 4.57 Å². The van der Waals surface area contributed by atoms with Crippen molar-refractivity contribution >= 4 is 37.4 Å². The van der Waals surface area contributed by atoms with E-state index in [0.29, 0.717) is 30.8 Å². The third-order valence-corrected chi connectivity index (χ3v) is 14.5. The van der Waals surface area contributed by atoms with Crippen molar-refractivity contribution in [1.29, 1.82) is 0 Å². The zero-order chi connectivity index (χ0) is 37.8. The van der Waals surface area contributed by atoms with Gasteiger partial charge in [-0.05, 0) is 68.6 Å². The molecule has 2 heterocycles. The molecule has 0 saturated carbocycles. The van der Waals surface area contributed by atoms with Gasteiger partial charge in [0.2, 0.25) is 0 Å². The number of imidazole rings is 1. The summed E-state index contributed by atoms with van der Waals surface area (Å²) in [5.41, 5.74) is 3.65. The number of esters is 1. The Balaban J connectivity index is 1.93. The van der Waals surface area contributed by atoms with Gasteiger partial charge in [-0.2, -0.15) is 0 Å². The highest BCUT2D eigenvalue weighted by Gasteiger charge is 2.46. The Morgan fingerprint density at radius 3 is 2.22 bits per heavy atom. The lowest BCUT2D eigenvalue weighted by atomic mass is 9.79. The molecule has 1 unspecified atom stereocenters. The lowest BCUT2D eigenvalue weighted by Gasteiger charge is -2.44. The fourth-order valence-electron chi connectivity index (χ4n) is 6.13. The first-order valence-corrected chi connectivity index (χ1v) is 21.1. The van der Waals surface area contributed by atoms with Crippen LogP contribution >= 0.6 is 0 Å². The van der Waals surface area contributed by atoms with E-state index in [4.69, 9.17) is 18.9 Å². The summed E-state index contributed by atoms with van der Waals surface area (Å²) in [6.07, 6.45) is 4.86. The molecule has 8 nitrogen and oxygen atoms in total. The minimum atomic E-state index is -2.42. The molecule has 0 N–H and O–H groups in total. The number of carbonyl (C=O) groups is 2. The maximum absolute atomic E-state index is 14.2. The molecule has 2 aromatic carbocycles. The summed E-state index contributed by atoms with van der Waals surface area (Å²) in [6, 6.07) is 18.0. The zero-order valence-electron chi connectivity index (χ0n) is 32.8. The first kappa shape index (κ1) is 39.8. The maximum atomic E-state index is 14.2. The monoisotopic (exact) mass is 713 g/mol. The Kier molecular flexibility index (Phi) is 12.3. The fourth-order valence-corrected chi connectivity index (χ4v) is 7.57. The van der Waals surface area contributed by atoms with Gasteiger partial charge in [-0.15, -0.1) is 0 Å². The van der Waals surface area contributed by atoms with Gasteiger partial charge in [-0.25, -0.2) is 14.3 Å². The first-order chi connectivity index (χ1) is 23.8. The molecule has 0 aliphatic heterocycles. The van der Waals surface area contributed by atoms with Crippen LogP contribution in [-0.4, -0.2) is 52.8 Å². The topological polar surface area (TPSA) is 84.6 Å². The van der Waals surface area contributed by atoms with Crippen molar-refractivity contribution in [3.05, 3.63) is 95.7 Å². The SMILES string of the molecule is C=Cc1c(C(C)(C)C(Cc2c(CC(=O)OCCCC)c3ccccc3n2C(=O)OC(C)(C)C)O[Si](C)(C)C(C)(C)C)ncn1Cc1ccccc1. The quantitative estimate of drug-likeness (QED) is 0.0735. The Bertz CT molecular complexity index is 1820. The highest BCUT2D eigenvalue weighted by molar-refractivity contribution is 6.74. The molecule has 2 aromatic heterocycles. The van der Waals surface area contributed by atoms with Gasteiger partial charge in [-0.1, -0.05) is 103 Å². The molecule has 276 valence electrons. The van der Waals surface area contributed by atoms with Crippen LogP contribution in [0.2, 0.25) is 18.1 Å². The first-order valence-electron chi connectivity index (χ1n) is 18.2. The van der Waals surface area contributed by atoms with Crippen molar-refractivity contribution in [3.63, 3.8) is 0 Å². The number of aromatic nitrogens is 3. The predicted octanol–water partition coefficient (Wildman–Crippen LogP) is 10.1. The second kappa shape index (κ2) is 15.7. The van der Waals surface area contributed by atoms with Crippen LogP contribution < -0.4 is 0 Å².